The molecule has 1 unspecified atom stereocenters. The van der Waals surface area contributed by atoms with Crippen LogP contribution in [0.25, 0.3) is 0 Å². The van der Waals surface area contributed by atoms with Crippen molar-refractivity contribution in [2.45, 2.75) is 5.94 Å². The van der Waals surface area contributed by atoms with Crippen molar-refractivity contribution < 1.29 is 61.3 Å². The maximum Gasteiger partial charge on any atom is 1.00 e. The monoisotopic (exact) mass is 173 g/mol. The summed E-state index contributed by atoms with van der Waals surface area (Å²) in [7, 11) is 5.18. The molecule has 0 fully saturated rings. The summed E-state index contributed by atoms with van der Waals surface area (Å²) in [6.07, 6.45) is 3.14. The Morgan fingerprint density at radius 2 is 1.91 bits per heavy atom. The van der Waals surface area contributed by atoms with Crippen molar-refractivity contribution in [2.24, 2.45) is 0 Å². The summed E-state index contributed by atoms with van der Waals surface area (Å²) >= 11 is 0. The number of carbonyl (C=O) groups excluding carboxylic acids is 1. The molecule has 1 atom stereocenters. The first-order chi connectivity index (χ1) is 4.72. The molecule has 1 rings (SSSR count). The fourth-order valence-electron chi connectivity index (χ4n) is 0.655. The number of rotatable bonds is 2. The van der Waals surface area contributed by atoms with Crippen molar-refractivity contribution in [1.29, 1.82) is 0 Å². The number of carboxylic acids is 1. The van der Waals surface area contributed by atoms with Crippen molar-refractivity contribution in [2.75, 3.05) is 0 Å². The Morgan fingerprint density at radius 1 is 1.45 bits per heavy atom. The maximum atomic E-state index is 10.1. The smallest absolute Gasteiger partial charge is 0.549 e. The van der Waals surface area contributed by atoms with E-state index in [9.17, 15) is 9.90 Å². The number of hydrogen-bond acceptors (Lipinski definition) is 2. The van der Waals surface area contributed by atoms with E-state index < -0.39 is 11.9 Å². The summed E-state index contributed by atoms with van der Waals surface area (Å²) in [5.74, 6) is -2.36. The van der Waals surface area contributed by atoms with Gasteiger partial charge in [-0.1, -0.05) is 0 Å². The molecule has 0 saturated heterocycles. The van der Waals surface area contributed by atoms with Crippen LogP contribution in [0.2, 0.25) is 0 Å². The number of carboxylic acid groups (broad SMARTS) is 1. The molecule has 0 aliphatic carbocycles. The Kier molecular flexibility index (Phi) is 5.37. The molecular weight excluding hydrogens is 168 g/mol. The first-order valence-corrected chi connectivity index (χ1v) is 2.80. The average molecular weight is 173 g/mol. The van der Waals surface area contributed by atoms with Gasteiger partial charge in [0.2, 0.25) is 0 Å². The molecule has 0 aliphatic heterocycles. The van der Waals surface area contributed by atoms with E-state index in [-0.39, 0.29) is 51.4 Å². The summed E-state index contributed by atoms with van der Waals surface area (Å²) in [5, 5.41) is 10.1. The zero-order valence-corrected chi connectivity index (χ0v) is 9.35. The van der Waals surface area contributed by atoms with E-state index in [0.29, 0.717) is 0 Å². The van der Waals surface area contributed by atoms with Gasteiger partial charge in [0.15, 0.2) is 0 Å². The molecule has 0 aromatic carbocycles. The van der Waals surface area contributed by atoms with Crippen LogP contribution >= 0.6 is 0 Å². The van der Waals surface area contributed by atoms with Gasteiger partial charge in [0.1, 0.15) is 7.85 Å². The molecule has 2 radical (unpaired) electrons. The van der Waals surface area contributed by atoms with Crippen LogP contribution in [0.15, 0.2) is 24.5 Å². The van der Waals surface area contributed by atoms with Crippen LogP contribution in [-0.2, 0) is 4.79 Å². The third-order valence-electron chi connectivity index (χ3n) is 1.19. The SMILES string of the molecule is [B]C(C(=O)[O-])n1cccc1.[K+]. The first-order valence-electron chi connectivity index (χ1n) is 2.80. The van der Waals surface area contributed by atoms with E-state index in [4.69, 9.17) is 7.85 Å². The molecule has 1 aromatic heterocycles. The zero-order valence-electron chi connectivity index (χ0n) is 6.23. The van der Waals surface area contributed by atoms with Crippen molar-refractivity contribution in [3.8, 4) is 0 Å². The van der Waals surface area contributed by atoms with E-state index in [1.807, 2.05) is 0 Å². The predicted molar refractivity (Wildman–Crippen MR) is 34.2 cm³/mol. The van der Waals surface area contributed by atoms with E-state index in [1.54, 1.807) is 24.5 Å². The van der Waals surface area contributed by atoms with Crippen molar-refractivity contribution in [3.63, 3.8) is 0 Å². The molecule has 0 N–H and O–H groups in total. The van der Waals surface area contributed by atoms with Crippen LogP contribution in [0.1, 0.15) is 5.94 Å². The number of aromatic nitrogens is 1. The van der Waals surface area contributed by atoms with Crippen molar-refractivity contribution >= 4 is 13.8 Å². The molecule has 11 heavy (non-hydrogen) atoms. The molecule has 0 amide bonds. The summed E-state index contributed by atoms with van der Waals surface area (Å²) in [6, 6.07) is 3.39. The maximum absolute atomic E-state index is 10.1. The van der Waals surface area contributed by atoms with Crippen molar-refractivity contribution in [1.82, 2.24) is 4.57 Å². The van der Waals surface area contributed by atoms with Crippen LogP contribution in [0.3, 0.4) is 0 Å². The van der Waals surface area contributed by atoms with Gasteiger partial charge in [-0.15, -0.1) is 0 Å². The molecular formula is C6H5BKNO2. The second-order valence-corrected chi connectivity index (χ2v) is 1.89. The molecule has 0 bridgehead atoms. The molecule has 1 aromatic rings. The minimum Gasteiger partial charge on any atom is -0.549 e. The van der Waals surface area contributed by atoms with Crippen molar-refractivity contribution in [3.05, 3.63) is 24.5 Å². The number of carbonyl (C=O) groups is 1. The van der Waals surface area contributed by atoms with Gasteiger partial charge in [0, 0.05) is 18.3 Å². The van der Waals surface area contributed by atoms with Gasteiger partial charge in [0.05, 0.1) is 5.97 Å². The Balaban J connectivity index is 0.000001000. The summed E-state index contributed by atoms with van der Waals surface area (Å²) in [4.78, 5) is 10.1. The largest absolute Gasteiger partial charge is 1.00 e. The second-order valence-electron chi connectivity index (χ2n) is 1.89. The fourth-order valence-corrected chi connectivity index (χ4v) is 0.655. The normalized spacial score (nSPS) is 11.6. The van der Waals surface area contributed by atoms with Crippen LogP contribution in [-0.4, -0.2) is 18.4 Å². The first kappa shape index (κ1) is 11.5. The molecule has 3 nitrogen and oxygen atoms in total. The summed E-state index contributed by atoms with van der Waals surface area (Å²) in [5.41, 5.74) is 0. The fraction of sp³-hybridized carbons (Fsp3) is 0.167. The van der Waals surface area contributed by atoms with Crippen LogP contribution in [0, 0.1) is 0 Å². The number of nitrogens with zero attached hydrogens (tertiary/aromatic N) is 1. The van der Waals surface area contributed by atoms with E-state index in [0.717, 1.165) is 0 Å². The van der Waals surface area contributed by atoms with E-state index in [1.165, 1.54) is 4.57 Å². The number of aliphatic carboxylic acids is 1. The molecule has 0 saturated carbocycles. The molecule has 0 aliphatic rings. The van der Waals surface area contributed by atoms with Gasteiger partial charge in [-0.25, -0.2) is 0 Å². The zero-order chi connectivity index (χ0) is 7.56. The second kappa shape index (κ2) is 5.16. The third-order valence-corrected chi connectivity index (χ3v) is 1.19. The minimum atomic E-state index is -1.28. The van der Waals surface area contributed by atoms with Gasteiger partial charge in [-0.2, -0.15) is 0 Å². The number of hydrogen-bond donors (Lipinski definition) is 0. The quantitative estimate of drug-likeness (QED) is 0.427. The van der Waals surface area contributed by atoms with E-state index in [2.05, 4.69) is 0 Å². The summed E-state index contributed by atoms with van der Waals surface area (Å²) in [6.45, 7) is 0. The van der Waals surface area contributed by atoms with Crippen LogP contribution < -0.4 is 56.5 Å². The molecule has 50 valence electrons. The molecule has 0 spiro atoms. The van der Waals surface area contributed by atoms with Gasteiger partial charge in [-0.3, -0.25) is 0 Å². The van der Waals surface area contributed by atoms with Gasteiger partial charge in [0.25, 0.3) is 0 Å². The molecule has 1 heterocycles. The van der Waals surface area contributed by atoms with Crippen LogP contribution in [0.5, 0.6) is 0 Å². The summed E-state index contributed by atoms with van der Waals surface area (Å²) < 4.78 is 1.36. The van der Waals surface area contributed by atoms with Gasteiger partial charge >= 0.3 is 51.4 Å². The molecule has 5 heteroatoms. The Hall–Kier alpha value is 0.451. The van der Waals surface area contributed by atoms with Gasteiger partial charge in [-0.05, 0) is 12.1 Å². The topological polar surface area (TPSA) is 45.1 Å². The Bertz CT molecular complexity index is 224. The van der Waals surface area contributed by atoms with E-state index >= 15 is 0 Å². The van der Waals surface area contributed by atoms with Crippen LogP contribution in [0.4, 0.5) is 0 Å². The van der Waals surface area contributed by atoms with Gasteiger partial charge < -0.3 is 14.5 Å². The standard InChI is InChI=1S/C6H6BNO2.K/c7-5(6(9)10)8-3-1-2-4-8;/h1-5H,(H,9,10);/q;+1/p-1. The Morgan fingerprint density at radius 3 is 2.27 bits per heavy atom. The Labute approximate surface area is 109 Å². The minimum absolute atomic E-state index is 0. The predicted octanol–water partition coefficient (Wildman–Crippen LogP) is -4.09. The third kappa shape index (κ3) is 3.13. The average Bonchev–Trinajstić information content (AvgIpc) is 2.36.